The van der Waals surface area contributed by atoms with Crippen molar-refractivity contribution in [2.45, 2.75) is 26.1 Å². The third kappa shape index (κ3) is 5.12. The first-order valence-corrected chi connectivity index (χ1v) is 9.29. The van der Waals surface area contributed by atoms with Crippen LogP contribution in [0.1, 0.15) is 30.6 Å². The molecule has 1 aromatic heterocycles. The summed E-state index contributed by atoms with van der Waals surface area (Å²) in [5.41, 5.74) is 2.55. The van der Waals surface area contributed by atoms with Crippen LogP contribution >= 0.6 is 11.6 Å². The molecule has 28 heavy (non-hydrogen) atoms. The van der Waals surface area contributed by atoms with Gasteiger partial charge in [0.15, 0.2) is 0 Å². The molecule has 0 aliphatic carbocycles. The maximum atomic E-state index is 11.0. The molecule has 0 amide bonds. The monoisotopic (exact) mass is 400 g/mol. The maximum Gasteiger partial charge on any atom is 0.306 e. The van der Waals surface area contributed by atoms with Gasteiger partial charge in [-0.3, -0.25) is 4.79 Å². The Morgan fingerprint density at radius 2 is 2.04 bits per heavy atom. The first-order valence-electron chi connectivity index (χ1n) is 8.91. The molecule has 0 saturated heterocycles. The molecule has 1 N–H and O–H groups in total. The number of carboxylic acids is 1. The number of aliphatic carboxylic acids is 1. The number of nitrogens with zero attached hydrogens (tertiary/aromatic N) is 2. The predicted octanol–water partition coefficient (Wildman–Crippen LogP) is 4.66. The van der Waals surface area contributed by atoms with Crippen molar-refractivity contribution < 1.29 is 19.4 Å². The highest BCUT2D eigenvalue weighted by Gasteiger charge is 2.15. The van der Waals surface area contributed by atoms with Gasteiger partial charge in [-0.05, 0) is 48.4 Å². The number of hydrogen-bond acceptors (Lipinski definition) is 4. The number of aromatic nitrogens is 2. The van der Waals surface area contributed by atoms with Gasteiger partial charge in [0.1, 0.15) is 12.4 Å². The van der Waals surface area contributed by atoms with E-state index in [1.807, 2.05) is 61.7 Å². The van der Waals surface area contributed by atoms with E-state index in [9.17, 15) is 4.79 Å². The summed E-state index contributed by atoms with van der Waals surface area (Å²) in [6.07, 6.45) is 2.98. The van der Waals surface area contributed by atoms with Gasteiger partial charge >= 0.3 is 5.97 Å². The van der Waals surface area contributed by atoms with Crippen LogP contribution in [0.4, 0.5) is 0 Å². The number of halogens is 1. The van der Waals surface area contributed by atoms with Crippen molar-refractivity contribution in [2.75, 3.05) is 6.61 Å². The molecule has 0 bridgehead atoms. The molecule has 3 rings (SSSR count). The fourth-order valence-corrected chi connectivity index (χ4v) is 3.02. The first kappa shape index (κ1) is 19.9. The molecule has 2 aromatic carbocycles. The van der Waals surface area contributed by atoms with Crippen LogP contribution in [0.5, 0.6) is 5.75 Å². The van der Waals surface area contributed by atoms with Gasteiger partial charge in [0.2, 0.25) is 0 Å². The van der Waals surface area contributed by atoms with Crippen molar-refractivity contribution in [3.05, 3.63) is 77.1 Å². The average molecular weight is 401 g/mol. The SMILES string of the molecule is CCO[C@@H](CC(=O)O)c1ccc(OCc2ccc(Cl)c(-n3cccn3)c2)cc1. The van der Waals surface area contributed by atoms with Crippen molar-refractivity contribution >= 4 is 17.6 Å². The summed E-state index contributed by atoms with van der Waals surface area (Å²) in [6.45, 7) is 2.66. The van der Waals surface area contributed by atoms with E-state index in [0.717, 1.165) is 16.8 Å². The molecule has 0 spiro atoms. The van der Waals surface area contributed by atoms with Crippen LogP contribution in [0.25, 0.3) is 5.69 Å². The van der Waals surface area contributed by atoms with Gasteiger partial charge in [0.05, 0.1) is 23.2 Å². The number of rotatable bonds is 9. The first-order chi connectivity index (χ1) is 13.6. The zero-order valence-electron chi connectivity index (χ0n) is 15.4. The fraction of sp³-hybridized carbons (Fsp3) is 0.238. The molecular formula is C21H21ClN2O4. The van der Waals surface area contributed by atoms with Gasteiger partial charge in [-0.2, -0.15) is 5.10 Å². The average Bonchev–Trinajstić information content (AvgIpc) is 3.22. The molecule has 6 nitrogen and oxygen atoms in total. The lowest BCUT2D eigenvalue weighted by atomic mass is 10.1. The lowest BCUT2D eigenvalue weighted by molar-refractivity contribution is -0.140. The van der Waals surface area contributed by atoms with E-state index < -0.39 is 12.1 Å². The molecule has 1 atom stereocenters. The van der Waals surface area contributed by atoms with Gasteiger partial charge in [-0.25, -0.2) is 4.68 Å². The molecule has 7 heteroatoms. The summed E-state index contributed by atoms with van der Waals surface area (Å²) in [4.78, 5) is 11.0. The van der Waals surface area contributed by atoms with Crippen LogP contribution in [0, 0.1) is 0 Å². The Morgan fingerprint density at radius 1 is 1.25 bits per heavy atom. The largest absolute Gasteiger partial charge is 0.489 e. The van der Waals surface area contributed by atoms with Gasteiger partial charge in [0.25, 0.3) is 0 Å². The van der Waals surface area contributed by atoms with E-state index >= 15 is 0 Å². The van der Waals surface area contributed by atoms with E-state index in [-0.39, 0.29) is 6.42 Å². The molecule has 0 fully saturated rings. The molecular weight excluding hydrogens is 380 g/mol. The van der Waals surface area contributed by atoms with Crippen molar-refractivity contribution in [2.24, 2.45) is 0 Å². The Morgan fingerprint density at radius 3 is 2.68 bits per heavy atom. The minimum Gasteiger partial charge on any atom is -0.489 e. The third-order valence-corrected chi connectivity index (χ3v) is 4.47. The van der Waals surface area contributed by atoms with Crippen molar-refractivity contribution in [3.8, 4) is 11.4 Å². The normalized spacial score (nSPS) is 11.9. The van der Waals surface area contributed by atoms with Crippen LogP contribution < -0.4 is 4.74 Å². The Kier molecular flexibility index (Phi) is 6.68. The van der Waals surface area contributed by atoms with E-state index in [4.69, 9.17) is 26.2 Å². The Balaban J connectivity index is 1.66. The van der Waals surface area contributed by atoms with Crippen LogP contribution in [0.3, 0.4) is 0 Å². The number of hydrogen-bond donors (Lipinski definition) is 1. The van der Waals surface area contributed by atoms with Crippen LogP contribution in [0.15, 0.2) is 60.9 Å². The van der Waals surface area contributed by atoms with Crippen LogP contribution in [-0.2, 0) is 16.1 Å². The molecule has 0 unspecified atom stereocenters. The summed E-state index contributed by atoms with van der Waals surface area (Å²) in [6, 6.07) is 14.8. The molecule has 0 saturated carbocycles. The van der Waals surface area contributed by atoms with E-state index in [0.29, 0.717) is 24.0 Å². The topological polar surface area (TPSA) is 73.6 Å². The second kappa shape index (κ2) is 9.39. The summed E-state index contributed by atoms with van der Waals surface area (Å²) in [5.74, 6) is -0.209. The van der Waals surface area contributed by atoms with E-state index in [2.05, 4.69) is 5.10 Å². The second-order valence-corrected chi connectivity index (χ2v) is 6.54. The lowest BCUT2D eigenvalue weighted by Gasteiger charge is -2.16. The molecule has 0 aliphatic rings. The van der Waals surface area contributed by atoms with Gasteiger partial charge in [-0.15, -0.1) is 0 Å². The smallest absolute Gasteiger partial charge is 0.306 e. The highest BCUT2D eigenvalue weighted by molar-refractivity contribution is 6.32. The van der Waals surface area contributed by atoms with Crippen molar-refractivity contribution in [3.63, 3.8) is 0 Å². The van der Waals surface area contributed by atoms with Gasteiger partial charge in [0, 0.05) is 19.0 Å². The minimum atomic E-state index is -0.894. The van der Waals surface area contributed by atoms with E-state index in [1.165, 1.54) is 0 Å². The quantitative estimate of drug-likeness (QED) is 0.565. The summed E-state index contributed by atoms with van der Waals surface area (Å²) >= 11 is 6.26. The minimum absolute atomic E-state index is 0.0744. The highest BCUT2D eigenvalue weighted by atomic mass is 35.5. The standard InChI is InChI=1S/C21H21ClN2O4/c1-2-27-20(13-21(25)26)16-5-7-17(8-6-16)28-14-15-4-9-18(22)19(12-15)24-11-3-10-23-24/h3-12,20H,2,13-14H2,1H3,(H,25,26)/t20-/m0/s1. The number of carboxylic acid groups (broad SMARTS) is 1. The second-order valence-electron chi connectivity index (χ2n) is 6.14. The molecule has 0 aliphatic heterocycles. The summed E-state index contributed by atoms with van der Waals surface area (Å²) in [5, 5.41) is 13.8. The number of benzene rings is 2. The lowest BCUT2D eigenvalue weighted by Crippen LogP contribution is -2.10. The van der Waals surface area contributed by atoms with Crippen molar-refractivity contribution in [1.82, 2.24) is 9.78 Å². The third-order valence-electron chi connectivity index (χ3n) is 4.15. The van der Waals surface area contributed by atoms with Crippen LogP contribution in [0.2, 0.25) is 5.02 Å². The van der Waals surface area contributed by atoms with Gasteiger partial charge < -0.3 is 14.6 Å². The fourth-order valence-electron chi connectivity index (χ4n) is 2.81. The maximum absolute atomic E-state index is 11.0. The predicted molar refractivity (Wildman–Crippen MR) is 106 cm³/mol. The summed E-state index contributed by atoms with van der Waals surface area (Å²) in [7, 11) is 0. The van der Waals surface area contributed by atoms with Crippen LogP contribution in [-0.4, -0.2) is 27.5 Å². The zero-order valence-corrected chi connectivity index (χ0v) is 16.2. The molecule has 3 aromatic rings. The Labute approximate surface area is 168 Å². The van der Waals surface area contributed by atoms with Gasteiger partial charge in [-0.1, -0.05) is 29.8 Å². The number of ether oxygens (including phenoxy) is 2. The highest BCUT2D eigenvalue weighted by Crippen LogP contribution is 2.25. The number of carbonyl (C=O) groups is 1. The Hall–Kier alpha value is -2.83. The molecule has 1 heterocycles. The Bertz CT molecular complexity index is 911. The van der Waals surface area contributed by atoms with Crippen molar-refractivity contribution in [1.29, 1.82) is 0 Å². The molecule has 0 radical (unpaired) electrons. The van der Waals surface area contributed by atoms with E-state index in [1.54, 1.807) is 10.9 Å². The summed E-state index contributed by atoms with van der Waals surface area (Å²) < 4.78 is 13.1. The zero-order chi connectivity index (χ0) is 19.9. The molecule has 146 valence electrons.